The average molecular weight is 312 g/mol. The first-order valence-corrected chi connectivity index (χ1v) is 7.21. The van der Waals surface area contributed by atoms with Crippen molar-refractivity contribution in [2.45, 2.75) is 20.3 Å². The molecule has 0 spiro atoms. The molecule has 0 amide bonds. The third kappa shape index (κ3) is 3.04. The van der Waals surface area contributed by atoms with Gasteiger partial charge in [0.25, 0.3) is 0 Å². The van der Waals surface area contributed by atoms with Gasteiger partial charge in [0.1, 0.15) is 5.82 Å². The van der Waals surface area contributed by atoms with Crippen LogP contribution < -0.4 is 5.32 Å². The van der Waals surface area contributed by atoms with E-state index in [4.69, 9.17) is 0 Å². The van der Waals surface area contributed by atoms with Crippen LogP contribution in [0.2, 0.25) is 0 Å². The van der Waals surface area contributed by atoms with Crippen LogP contribution in [0.3, 0.4) is 0 Å². The van der Waals surface area contributed by atoms with Gasteiger partial charge in [-0.25, -0.2) is 9.97 Å². The smallest absolute Gasteiger partial charge is 0.172 e. The van der Waals surface area contributed by atoms with E-state index in [0.29, 0.717) is 0 Å². The van der Waals surface area contributed by atoms with Gasteiger partial charge in [-0.2, -0.15) is 0 Å². The van der Waals surface area contributed by atoms with E-state index in [1.807, 2.05) is 24.4 Å². The largest absolute Gasteiger partial charge is 0.370 e. The Morgan fingerprint density at radius 2 is 2.24 bits per heavy atom. The first-order valence-electron chi connectivity index (χ1n) is 5.53. The molecule has 17 heavy (non-hydrogen) atoms. The van der Waals surface area contributed by atoms with Crippen LogP contribution in [-0.4, -0.2) is 16.5 Å². The van der Waals surface area contributed by atoms with Crippen molar-refractivity contribution in [2.75, 3.05) is 11.9 Å². The highest BCUT2D eigenvalue weighted by Gasteiger charge is 2.09. The molecule has 90 valence electrons. The average Bonchev–Trinajstić information content (AvgIpc) is 2.72. The lowest BCUT2D eigenvalue weighted by Gasteiger charge is -2.06. The third-order valence-corrected chi connectivity index (χ3v) is 4.06. The summed E-state index contributed by atoms with van der Waals surface area (Å²) in [6.07, 6.45) is 1.08. The summed E-state index contributed by atoms with van der Waals surface area (Å²) in [6.45, 7) is 5.06. The molecule has 0 aliphatic heterocycles. The number of aromatic nitrogens is 2. The number of nitrogens with one attached hydrogen (secondary N) is 1. The maximum atomic E-state index is 4.53. The lowest BCUT2D eigenvalue weighted by atomic mass is 10.3. The zero-order valence-electron chi connectivity index (χ0n) is 9.83. The fourth-order valence-corrected chi connectivity index (χ4v) is 2.95. The van der Waals surface area contributed by atoms with E-state index in [-0.39, 0.29) is 0 Å². The first-order chi connectivity index (χ1) is 8.20. The second-order valence-electron chi connectivity index (χ2n) is 3.74. The molecule has 3 nitrogen and oxygen atoms in total. The standard InChI is InChI=1S/C12H14BrN3S/c1-3-5-14-10-7-8(2)15-12(16-10)11-9(13)4-6-17-11/h4,6-7H,3,5H2,1-2H3,(H,14,15,16). The molecule has 0 fully saturated rings. The highest BCUT2D eigenvalue weighted by Crippen LogP contribution is 2.31. The summed E-state index contributed by atoms with van der Waals surface area (Å²) < 4.78 is 1.05. The highest BCUT2D eigenvalue weighted by atomic mass is 79.9. The van der Waals surface area contributed by atoms with Crippen LogP contribution in [0.15, 0.2) is 22.0 Å². The Morgan fingerprint density at radius 1 is 1.41 bits per heavy atom. The summed E-state index contributed by atoms with van der Waals surface area (Å²) in [5, 5.41) is 5.33. The predicted octanol–water partition coefficient (Wildman–Crippen LogP) is 4.10. The van der Waals surface area contributed by atoms with Crippen molar-refractivity contribution in [1.29, 1.82) is 0 Å². The molecule has 0 saturated carbocycles. The Bertz CT molecular complexity index is 510. The van der Waals surface area contributed by atoms with Crippen molar-refractivity contribution in [3.8, 4) is 10.7 Å². The van der Waals surface area contributed by atoms with E-state index < -0.39 is 0 Å². The van der Waals surface area contributed by atoms with Crippen molar-refractivity contribution < 1.29 is 0 Å². The minimum Gasteiger partial charge on any atom is -0.370 e. The molecule has 2 aromatic heterocycles. The number of halogens is 1. The summed E-state index contributed by atoms with van der Waals surface area (Å²) in [5.74, 6) is 1.68. The summed E-state index contributed by atoms with van der Waals surface area (Å²) in [5.41, 5.74) is 0.980. The Kier molecular flexibility index (Phi) is 4.12. The van der Waals surface area contributed by atoms with Crippen LogP contribution in [0.4, 0.5) is 5.82 Å². The van der Waals surface area contributed by atoms with E-state index in [0.717, 1.165) is 39.7 Å². The third-order valence-electron chi connectivity index (χ3n) is 2.23. The van der Waals surface area contributed by atoms with Gasteiger partial charge in [0.15, 0.2) is 5.82 Å². The Morgan fingerprint density at radius 3 is 2.88 bits per heavy atom. The molecule has 0 aliphatic rings. The molecule has 2 rings (SSSR count). The monoisotopic (exact) mass is 311 g/mol. The Hall–Kier alpha value is -0.940. The van der Waals surface area contributed by atoms with Gasteiger partial charge in [-0.3, -0.25) is 0 Å². The molecule has 2 heterocycles. The summed E-state index contributed by atoms with van der Waals surface area (Å²) in [6, 6.07) is 3.99. The molecule has 0 unspecified atom stereocenters. The fraction of sp³-hybridized carbons (Fsp3) is 0.333. The molecule has 0 atom stereocenters. The second kappa shape index (κ2) is 5.60. The summed E-state index contributed by atoms with van der Waals surface area (Å²) >= 11 is 5.16. The van der Waals surface area contributed by atoms with Gasteiger partial charge < -0.3 is 5.32 Å². The highest BCUT2D eigenvalue weighted by molar-refractivity contribution is 9.10. The Balaban J connectivity index is 2.35. The zero-order chi connectivity index (χ0) is 12.3. The molecule has 0 saturated heterocycles. The van der Waals surface area contributed by atoms with E-state index in [1.165, 1.54) is 0 Å². The van der Waals surface area contributed by atoms with E-state index in [1.54, 1.807) is 11.3 Å². The van der Waals surface area contributed by atoms with Gasteiger partial charge in [-0.05, 0) is 40.7 Å². The van der Waals surface area contributed by atoms with Crippen LogP contribution >= 0.6 is 27.3 Å². The van der Waals surface area contributed by atoms with Crippen LogP contribution in [0, 0.1) is 6.92 Å². The SMILES string of the molecule is CCCNc1cc(C)nc(-c2sccc2Br)n1. The minimum atomic E-state index is 0.783. The van der Waals surface area contributed by atoms with Crippen molar-refractivity contribution >= 4 is 33.1 Å². The normalized spacial score (nSPS) is 10.5. The molecule has 0 aromatic carbocycles. The zero-order valence-corrected chi connectivity index (χ0v) is 12.2. The van der Waals surface area contributed by atoms with Gasteiger partial charge in [-0.1, -0.05) is 6.92 Å². The maximum absolute atomic E-state index is 4.53. The minimum absolute atomic E-state index is 0.783. The lowest BCUT2D eigenvalue weighted by molar-refractivity contribution is 0.963. The van der Waals surface area contributed by atoms with Gasteiger partial charge in [-0.15, -0.1) is 11.3 Å². The number of nitrogens with zero attached hydrogens (tertiary/aromatic N) is 2. The number of hydrogen-bond acceptors (Lipinski definition) is 4. The van der Waals surface area contributed by atoms with E-state index in [2.05, 4.69) is 38.1 Å². The topological polar surface area (TPSA) is 37.8 Å². The van der Waals surface area contributed by atoms with Gasteiger partial charge in [0.05, 0.1) is 4.88 Å². The fourth-order valence-electron chi connectivity index (χ4n) is 1.47. The van der Waals surface area contributed by atoms with Crippen molar-refractivity contribution in [2.24, 2.45) is 0 Å². The van der Waals surface area contributed by atoms with Gasteiger partial charge in [0, 0.05) is 22.8 Å². The van der Waals surface area contributed by atoms with Crippen LogP contribution in [0.1, 0.15) is 19.0 Å². The summed E-state index contributed by atoms with van der Waals surface area (Å²) in [7, 11) is 0. The van der Waals surface area contributed by atoms with E-state index in [9.17, 15) is 0 Å². The molecule has 0 bridgehead atoms. The van der Waals surface area contributed by atoms with Crippen molar-refractivity contribution in [3.63, 3.8) is 0 Å². The molecular weight excluding hydrogens is 298 g/mol. The molecule has 1 N–H and O–H groups in total. The number of hydrogen-bond donors (Lipinski definition) is 1. The first kappa shape index (κ1) is 12.5. The number of rotatable bonds is 4. The van der Waals surface area contributed by atoms with Crippen molar-refractivity contribution in [1.82, 2.24) is 9.97 Å². The number of aryl methyl sites for hydroxylation is 1. The number of anilines is 1. The van der Waals surface area contributed by atoms with E-state index >= 15 is 0 Å². The molecule has 0 aliphatic carbocycles. The van der Waals surface area contributed by atoms with Crippen LogP contribution in [0.5, 0.6) is 0 Å². The van der Waals surface area contributed by atoms with Gasteiger partial charge >= 0.3 is 0 Å². The maximum Gasteiger partial charge on any atom is 0.172 e. The van der Waals surface area contributed by atoms with Crippen molar-refractivity contribution in [3.05, 3.63) is 27.7 Å². The van der Waals surface area contributed by atoms with Gasteiger partial charge in [0.2, 0.25) is 0 Å². The number of thiophene rings is 1. The lowest BCUT2D eigenvalue weighted by Crippen LogP contribution is -2.04. The second-order valence-corrected chi connectivity index (χ2v) is 5.51. The van der Waals surface area contributed by atoms with Crippen LogP contribution in [0.25, 0.3) is 10.7 Å². The molecule has 2 aromatic rings. The van der Waals surface area contributed by atoms with Crippen LogP contribution in [-0.2, 0) is 0 Å². The predicted molar refractivity (Wildman–Crippen MR) is 76.6 cm³/mol. The molecule has 0 radical (unpaired) electrons. The molecule has 5 heteroatoms. The molecular formula is C12H14BrN3S. The summed E-state index contributed by atoms with van der Waals surface area (Å²) in [4.78, 5) is 10.1. The Labute approximate surface area is 113 Å². The quantitative estimate of drug-likeness (QED) is 0.923.